The van der Waals surface area contributed by atoms with E-state index in [0.717, 1.165) is 49.8 Å². The number of carbonyl (C=O) groups excluding carboxylic acids is 1. The molecule has 1 aliphatic rings. The van der Waals surface area contributed by atoms with Gasteiger partial charge in [0.25, 0.3) is 5.91 Å². The summed E-state index contributed by atoms with van der Waals surface area (Å²) in [5.74, 6) is 0.865. The van der Waals surface area contributed by atoms with Gasteiger partial charge in [-0.15, -0.1) is 0 Å². The van der Waals surface area contributed by atoms with Gasteiger partial charge in [-0.2, -0.15) is 0 Å². The fraction of sp³-hybridized carbons (Fsp3) is 0.391. The van der Waals surface area contributed by atoms with Crippen LogP contribution in [0.4, 0.5) is 5.69 Å². The lowest BCUT2D eigenvalue weighted by atomic mass is 10.2. The Labute approximate surface area is 188 Å². The molecule has 1 fully saturated rings. The Morgan fingerprint density at radius 1 is 1.19 bits per heavy atom. The molecule has 0 bridgehead atoms. The van der Waals surface area contributed by atoms with Gasteiger partial charge in [-0.3, -0.25) is 20.0 Å². The highest BCUT2D eigenvalue weighted by Gasteiger charge is 2.13. The van der Waals surface area contributed by atoms with Crippen LogP contribution in [-0.4, -0.2) is 62.8 Å². The number of amides is 1. The average molecular weight is 445 g/mol. The number of benzene rings is 2. The first-order chi connectivity index (χ1) is 15.0. The molecule has 0 spiro atoms. The Hall–Kier alpha value is -2.61. The fourth-order valence-electron chi connectivity index (χ4n) is 3.14. The van der Waals surface area contributed by atoms with E-state index in [4.69, 9.17) is 21.1 Å². The van der Waals surface area contributed by atoms with Crippen molar-refractivity contribution in [1.82, 2.24) is 10.2 Å². The smallest absolute Gasteiger partial charge is 0.257 e. The molecule has 166 valence electrons. The predicted molar refractivity (Wildman–Crippen MR) is 124 cm³/mol. The summed E-state index contributed by atoms with van der Waals surface area (Å²) in [6.07, 6.45) is 0. The average Bonchev–Trinajstić information content (AvgIpc) is 2.77. The number of hydrogen-bond acceptors (Lipinski definition) is 5. The van der Waals surface area contributed by atoms with Crippen molar-refractivity contribution in [2.45, 2.75) is 13.8 Å². The number of aryl methyl sites for hydroxylation is 1. The molecule has 0 atom stereocenters. The van der Waals surface area contributed by atoms with Crippen LogP contribution in [0.3, 0.4) is 0 Å². The summed E-state index contributed by atoms with van der Waals surface area (Å²) < 4.78 is 10.8. The Bertz CT molecular complexity index is 896. The summed E-state index contributed by atoms with van der Waals surface area (Å²) in [6, 6.07) is 12.6. The van der Waals surface area contributed by atoms with Crippen LogP contribution in [0.1, 0.15) is 22.8 Å². The molecule has 2 N–H and O–H groups in total. The molecule has 2 aromatic rings. The molecule has 1 heterocycles. The topological polar surface area (TPSA) is 75.2 Å². The van der Waals surface area contributed by atoms with Crippen LogP contribution in [0.2, 0.25) is 5.02 Å². The highest BCUT2D eigenvalue weighted by atomic mass is 35.5. The minimum atomic E-state index is -0.250. The number of rotatable bonds is 7. The Balaban J connectivity index is 1.71. The molecule has 8 heteroatoms. The maximum atomic E-state index is 12.8. The number of halogens is 1. The van der Waals surface area contributed by atoms with Crippen molar-refractivity contribution in [2.75, 3.05) is 51.3 Å². The number of anilines is 1. The molecular formula is C23H29ClN4O3. The number of morpholine rings is 1. The van der Waals surface area contributed by atoms with Crippen LogP contribution < -0.4 is 15.4 Å². The van der Waals surface area contributed by atoms with E-state index in [9.17, 15) is 4.79 Å². The fourth-order valence-corrected chi connectivity index (χ4v) is 3.32. The molecule has 0 unspecified atom stereocenters. The molecule has 31 heavy (non-hydrogen) atoms. The molecule has 0 aliphatic carbocycles. The van der Waals surface area contributed by atoms with Crippen molar-refractivity contribution in [1.29, 1.82) is 0 Å². The van der Waals surface area contributed by atoms with E-state index in [1.165, 1.54) is 0 Å². The second-order valence-electron chi connectivity index (χ2n) is 7.18. The first kappa shape index (κ1) is 23.1. The third kappa shape index (κ3) is 7.24. The van der Waals surface area contributed by atoms with Crippen molar-refractivity contribution in [3.63, 3.8) is 0 Å². The van der Waals surface area contributed by atoms with Gasteiger partial charge < -0.3 is 14.8 Å². The van der Waals surface area contributed by atoms with Gasteiger partial charge in [0, 0.05) is 35.9 Å². The number of guanidine groups is 1. The number of nitrogens with one attached hydrogen (secondary N) is 2. The maximum absolute atomic E-state index is 12.8. The van der Waals surface area contributed by atoms with Crippen molar-refractivity contribution >= 4 is 29.2 Å². The lowest BCUT2D eigenvalue weighted by Crippen LogP contribution is -2.39. The number of carbonyl (C=O) groups is 1. The predicted octanol–water partition coefficient (Wildman–Crippen LogP) is 3.58. The second-order valence-corrected chi connectivity index (χ2v) is 7.62. The van der Waals surface area contributed by atoms with E-state index in [1.807, 2.05) is 32.0 Å². The van der Waals surface area contributed by atoms with Gasteiger partial charge >= 0.3 is 0 Å². The molecule has 1 aliphatic heterocycles. The first-order valence-electron chi connectivity index (χ1n) is 10.5. The van der Waals surface area contributed by atoms with E-state index >= 15 is 0 Å². The first-order valence-corrected chi connectivity index (χ1v) is 10.8. The second kappa shape index (κ2) is 11.7. The standard InChI is InChI=1S/C23H29ClN4O3/c1-3-31-20-8-5-18(6-9-20)22(29)27-23(25-10-11-28-12-14-30-15-13-28)26-21-16-19(24)7-4-17(21)2/h4-9,16H,3,10-15H2,1-2H3,(H2,25,26,27,29). The molecule has 0 saturated carbocycles. The Morgan fingerprint density at radius 2 is 1.94 bits per heavy atom. The van der Waals surface area contributed by atoms with Crippen LogP contribution in [0.25, 0.3) is 0 Å². The summed E-state index contributed by atoms with van der Waals surface area (Å²) in [6.45, 7) is 9.08. The SMILES string of the molecule is CCOc1ccc(C(=O)NC(=NCCN2CCOCC2)Nc2cc(Cl)ccc2C)cc1. The van der Waals surface area contributed by atoms with E-state index in [2.05, 4.69) is 20.5 Å². The van der Waals surface area contributed by atoms with Crippen LogP contribution in [0.15, 0.2) is 47.5 Å². The highest BCUT2D eigenvalue weighted by molar-refractivity contribution is 6.31. The third-order valence-electron chi connectivity index (χ3n) is 4.90. The van der Waals surface area contributed by atoms with Gasteiger partial charge in [0.05, 0.1) is 26.4 Å². The number of nitrogens with zero attached hydrogens (tertiary/aromatic N) is 2. The monoisotopic (exact) mass is 444 g/mol. The van der Waals surface area contributed by atoms with Gasteiger partial charge in [-0.25, -0.2) is 0 Å². The Kier molecular flexibility index (Phi) is 8.70. The van der Waals surface area contributed by atoms with Crippen molar-refractivity contribution in [3.05, 3.63) is 58.6 Å². The van der Waals surface area contributed by atoms with E-state index in [-0.39, 0.29) is 5.91 Å². The number of ether oxygens (including phenoxy) is 2. The highest BCUT2D eigenvalue weighted by Crippen LogP contribution is 2.20. The lowest BCUT2D eigenvalue weighted by Gasteiger charge is -2.25. The number of aliphatic imine (C=N–C) groups is 1. The third-order valence-corrected chi connectivity index (χ3v) is 5.14. The van der Waals surface area contributed by atoms with Gasteiger partial charge in [-0.1, -0.05) is 17.7 Å². The molecule has 2 aromatic carbocycles. The van der Waals surface area contributed by atoms with E-state index in [0.29, 0.717) is 29.7 Å². The molecule has 0 aromatic heterocycles. The Morgan fingerprint density at radius 3 is 2.65 bits per heavy atom. The molecule has 1 saturated heterocycles. The zero-order valence-corrected chi connectivity index (χ0v) is 18.7. The van der Waals surface area contributed by atoms with Gasteiger partial charge in [0.15, 0.2) is 0 Å². The van der Waals surface area contributed by atoms with Crippen LogP contribution in [0, 0.1) is 6.92 Å². The minimum Gasteiger partial charge on any atom is -0.494 e. The largest absolute Gasteiger partial charge is 0.494 e. The van der Waals surface area contributed by atoms with Crippen molar-refractivity contribution < 1.29 is 14.3 Å². The summed E-state index contributed by atoms with van der Waals surface area (Å²) in [5.41, 5.74) is 2.32. The molecule has 7 nitrogen and oxygen atoms in total. The zero-order chi connectivity index (χ0) is 22.1. The van der Waals surface area contributed by atoms with Crippen LogP contribution in [0.5, 0.6) is 5.75 Å². The quantitative estimate of drug-likeness (QED) is 0.504. The van der Waals surface area contributed by atoms with Crippen molar-refractivity contribution in [3.8, 4) is 5.75 Å². The summed E-state index contributed by atoms with van der Waals surface area (Å²) >= 11 is 6.15. The summed E-state index contributed by atoms with van der Waals surface area (Å²) in [7, 11) is 0. The van der Waals surface area contributed by atoms with Crippen LogP contribution >= 0.6 is 11.6 Å². The van der Waals surface area contributed by atoms with Gasteiger partial charge in [0.1, 0.15) is 5.75 Å². The molecule has 1 amide bonds. The summed E-state index contributed by atoms with van der Waals surface area (Å²) in [4.78, 5) is 19.7. The van der Waals surface area contributed by atoms with Gasteiger partial charge in [-0.05, 0) is 55.8 Å². The van der Waals surface area contributed by atoms with Crippen LogP contribution in [-0.2, 0) is 4.74 Å². The normalized spacial score (nSPS) is 14.9. The van der Waals surface area contributed by atoms with E-state index in [1.54, 1.807) is 24.3 Å². The van der Waals surface area contributed by atoms with Gasteiger partial charge in [0.2, 0.25) is 5.96 Å². The minimum absolute atomic E-state index is 0.250. The molecule has 3 rings (SSSR count). The number of hydrogen-bond donors (Lipinski definition) is 2. The zero-order valence-electron chi connectivity index (χ0n) is 18.0. The summed E-state index contributed by atoms with van der Waals surface area (Å²) in [5, 5.41) is 6.72. The molecule has 0 radical (unpaired) electrons. The van der Waals surface area contributed by atoms with Crippen molar-refractivity contribution in [2.24, 2.45) is 4.99 Å². The molecular weight excluding hydrogens is 416 g/mol. The maximum Gasteiger partial charge on any atom is 0.257 e. The van der Waals surface area contributed by atoms with E-state index < -0.39 is 0 Å². The lowest BCUT2D eigenvalue weighted by molar-refractivity contribution is 0.0394.